The summed E-state index contributed by atoms with van der Waals surface area (Å²) >= 11 is 0. The number of hydrogen-bond donors (Lipinski definition) is 5. The number of hydrogen-bond acceptors (Lipinski definition) is 6. The van der Waals surface area contributed by atoms with Gasteiger partial charge in [-0.25, -0.2) is 0 Å². The molecule has 0 saturated carbocycles. The molecule has 0 bridgehead atoms. The fourth-order valence-electron chi connectivity index (χ4n) is 1.34. The van der Waals surface area contributed by atoms with Crippen LogP contribution >= 0.6 is 0 Å². The van der Waals surface area contributed by atoms with Gasteiger partial charge in [0.1, 0.15) is 24.4 Å². The highest BCUT2D eigenvalue weighted by Gasteiger charge is 2.42. The number of ether oxygens (including phenoxy) is 1. The van der Waals surface area contributed by atoms with E-state index in [0.29, 0.717) is 0 Å². The fraction of sp³-hybridized carbons (Fsp3) is 0.875. The van der Waals surface area contributed by atoms with Crippen molar-refractivity contribution in [2.45, 2.75) is 37.6 Å². The first-order chi connectivity index (χ1) is 6.93. The minimum absolute atomic E-state index is 0.0443. The topological polar surface area (TPSA) is 119 Å². The van der Waals surface area contributed by atoms with Crippen molar-refractivity contribution in [2.75, 3.05) is 6.54 Å². The Labute approximate surface area is 86.3 Å². The van der Waals surface area contributed by atoms with Gasteiger partial charge in [0, 0.05) is 13.5 Å². The molecule has 88 valence electrons. The lowest BCUT2D eigenvalue weighted by Crippen LogP contribution is -2.59. The van der Waals surface area contributed by atoms with Crippen LogP contribution < -0.4 is 5.32 Å². The number of carbonyl (C=O) groups excluding carboxylic acids is 1. The van der Waals surface area contributed by atoms with Gasteiger partial charge in [0.15, 0.2) is 6.29 Å². The predicted octanol–water partition coefficient (Wildman–Crippen LogP) is -3.08. The number of rotatable bonds is 2. The van der Waals surface area contributed by atoms with E-state index in [1.165, 1.54) is 6.92 Å². The van der Waals surface area contributed by atoms with Gasteiger partial charge in [-0.2, -0.15) is 0 Å². The Morgan fingerprint density at radius 1 is 1.20 bits per heavy atom. The summed E-state index contributed by atoms with van der Waals surface area (Å²) in [5.74, 6) is -0.319. The number of carbonyl (C=O) groups is 1. The second-order valence-corrected chi connectivity index (χ2v) is 3.47. The van der Waals surface area contributed by atoms with Crippen molar-refractivity contribution in [1.29, 1.82) is 0 Å². The van der Waals surface area contributed by atoms with Crippen LogP contribution in [-0.4, -0.2) is 63.6 Å². The molecule has 0 unspecified atom stereocenters. The third kappa shape index (κ3) is 2.86. The second kappa shape index (κ2) is 4.86. The summed E-state index contributed by atoms with van der Waals surface area (Å²) in [4.78, 5) is 10.6. The maximum Gasteiger partial charge on any atom is 0.216 e. The summed E-state index contributed by atoms with van der Waals surface area (Å²) < 4.78 is 4.81. The van der Waals surface area contributed by atoms with E-state index in [-0.39, 0.29) is 12.5 Å². The van der Waals surface area contributed by atoms with Gasteiger partial charge in [-0.3, -0.25) is 4.79 Å². The molecular weight excluding hydrogens is 206 g/mol. The molecule has 0 aromatic rings. The molecule has 5 atom stereocenters. The molecule has 0 aliphatic carbocycles. The highest BCUT2D eigenvalue weighted by molar-refractivity contribution is 5.72. The Kier molecular flexibility index (Phi) is 4.00. The molecule has 15 heavy (non-hydrogen) atoms. The SMILES string of the molecule is CC(=O)NC[C@H]1O[C@H](O)[C@H](O)[C@@H](O)[C@H]1O. The van der Waals surface area contributed by atoms with E-state index in [2.05, 4.69) is 5.32 Å². The van der Waals surface area contributed by atoms with Gasteiger partial charge < -0.3 is 30.5 Å². The van der Waals surface area contributed by atoms with Gasteiger partial charge in [0.25, 0.3) is 0 Å². The van der Waals surface area contributed by atoms with Crippen molar-refractivity contribution in [1.82, 2.24) is 5.32 Å². The quantitative estimate of drug-likeness (QED) is 0.337. The van der Waals surface area contributed by atoms with Crippen molar-refractivity contribution in [3.05, 3.63) is 0 Å². The highest BCUT2D eigenvalue weighted by Crippen LogP contribution is 2.19. The van der Waals surface area contributed by atoms with Gasteiger partial charge >= 0.3 is 0 Å². The van der Waals surface area contributed by atoms with E-state index in [1.807, 2.05) is 0 Å². The van der Waals surface area contributed by atoms with Crippen molar-refractivity contribution in [2.24, 2.45) is 0 Å². The van der Waals surface area contributed by atoms with Crippen LogP contribution in [0.15, 0.2) is 0 Å². The van der Waals surface area contributed by atoms with Gasteiger partial charge in [-0.05, 0) is 0 Å². The normalized spacial score (nSPS) is 41.3. The van der Waals surface area contributed by atoms with E-state index in [9.17, 15) is 15.0 Å². The maximum atomic E-state index is 10.6. The first-order valence-corrected chi connectivity index (χ1v) is 4.55. The van der Waals surface area contributed by atoms with Crippen molar-refractivity contribution < 1.29 is 30.0 Å². The molecule has 0 aromatic carbocycles. The van der Waals surface area contributed by atoms with Gasteiger partial charge in [-0.15, -0.1) is 0 Å². The molecule has 1 fully saturated rings. The number of aliphatic hydroxyl groups is 4. The number of nitrogens with one attached hydrogen (secondary N) is 1. The summed E-state index contributed by atoms with van der Waals surface area (Å²) in [7, 11) is 0. The van der Waals surface area contributed by atoms with Gasteiger partial charge in [-0.1, -0.05) is 0 Å². The molecule has 1 saturated heterocycles. The number of amides is 1. The Morgan fingerprint density at radius 3 is 2.33 bits per heavy atom. The molecule has 0 aromatic heterocycles. The van der Waals surface area contributed by atoms with Crippen LogP contribution in [-0.2, 0) is 9.53 Å². The molecule has 0 spiro atoms. The molecule has 0 radical (unpaired) electrons. The largest absolute Gasteiger partial charge is 0.388 e. The molecule has 7 nitrogen and oxygen atoms in total. The van der Waals surface area contributed by atoms with Crippen LogP contribution in [0.5, 0.6) is 0 Å². The minimum Gasteiger partial charge on any atom is -0.388 e. The lowest BCUT2D eigenvalue weighted by atomic mass is 9.99. The van der Waals surface area contributed by atoms with Crippen LogP contribution in [0.25, 0.3) is 0 Å². The lowest BCUT2D eigenvalue weighted by molar-refractivity contribution is -0.280. The van der Waals surface area contributed by atoms with Crippen molar-refractivity contribution in [3.63, 3.8) is 0 Å². The zero-order valence-electron chi connectivity index (χ0n) is 8.20. The maximum absolute atomic E-state index is 10.6. The monoisotopic (exact) mass is 221 g/mol. The summed E-state index contributed by atoms with van der Waals surface area (Å²) in [6.45, 7) is 1.24. The average Bonchev–Trinajstić information content (AvgIpc) is 2.18. The Hall–Kier alpha value is -0.730. The molecule has 5 N–H and O–H groups in total. The smallest absolute Gasteiger partial charge is 0.216 e. The van der Waals surface area contributed by atoms with E-state index >= 15 is 0 Å². The summed E-state index contributed by atoms with van der Waals surface area (Å²) in [6.07, 6.45) is -6.90. The molecule has 1 aliphatic rings. The van der Waals surface area contributed by atoms with Crippen LogP contribution in [0.4, 0.5) is 0 Å². The highest BCUT2D eigenvalue weighted by atomic mass is 16.6. The Balaban J connectivity index is 2.54. The van der Waals surface area contributed by atoms with E-state index in [0.717, 1.165) is 0 Å². The number of aliphatic hydroxyl groups excluding tert-OH is 4. The summed E-state index contributed by atoms with van der Waals surface area (Å²) in [6, 6.07) is 0. The summed E-state index contributed by atoms with van der Waals surface area (Å²) in [5.41, 5.74) is 0. The van der Waals surface area contributed by atoms with E-state index in [4.69, 9.17) is 14.9 Å². The lowest BCUT2D eigenvalue weighted by Gasteiger charge is -2.38. The predicted molar refractivity (Wildman–Crippen MR) is 47.6 cm³/mol. The molecule has 7 heteroatoms. The van der Waals surface area contributed by atoms with E-state index in [1.54, 1.807) is 0 Å². The average molecular weight is 221 g/mol. The van der Waals surface area contributed by atoms with Crippen molar-refractivity contribution in [3.8, 4) is 0 Å². The second-order valence-electron chi connectivity index (χ2n) is 3.47. The Morgan fingerprint density at radius 2 is 1.80 bits per heavy atom. The minimum atomic E-state index is -1.57. The third-order valence-corrected chi connectivity index (χ3v) is 2.24. The van der Waals surface area contributed by atoms with E-state index < -0.39 is 30.7 Å². The molecule has 1 amide bonds. The third-order valence-electron chi connectivity index (χ3n) is 2.24. The molecule has 1 heterocycles. The standard InChI is InChI=1S/C8H15NO6/c1-3(10)9-2-4-5(11)6(12)7(13)8(14)15-4/h4-8,11-14H,2H2,1H3,(H,9,10)/t4-,5+,6+,7-,8+/m1/s1. The first-order valence-electron chi connectivity index (χ1n) is 4.55. The van der Waals surface area contributed by atoms with Gasteiger partial charge in [0.05, 0.1) is 0 Å². The van der Waals surface area contributed by atoms with Gasteiger partial charge in [0.2, 0.25) is 5.91 Å². The molecule has 1 aliphatic heterocycles. The van der Waals surface area contributed by atoms with Crippen LogP contribution in [0.2, 0.25) is 0 Å². The Bertz CT molecular complexity index is 235. The van der Waals surface area contributed by atoms with Crippen LogP contribution in [0.3, 0.4) is 0 Å². The zero-order valence-corrected chi connectivity index (χ0v) is 8.20. The van der Waals surface area contributed by atoms with Crippen LogP contribution in [0.1, 0.15) is 6.92 Å². The zero-order chi connectivity index (χ0) is 11.6. The molecular formula is C8H15NO6. The summed E-state index contributed by atoms with van der Waals surface area (Å²) in [5, 5.41) is 39.4. The molecule has 1 rings (SSSR count). The fourth-order valence-corrected chi connectivity index (χ4v) is 1.34. The van der Waals surface area contributed by atoms with Crippen molar-refractivity contribution >= 4 is 5.91 Å². The van der Waals surface area contributed by atoms with Crippen LogP contribution in [0, 0.1) is 0 Å². The first kappa shape index (κ1) is 12.3.